The Hall–Kier alpha value is -1.21. The Balaban J connectivity index is 1.90. The van der Waals surface area contributed by atoms with Crippen molar-refractivity contribution in [3.8, 4) is 11.1 Å². The normalized spacial score (nSPS) is 21.3. The zero-order chi connectivity index (χ0) is 25.6. The van der Waals surface area contributed by atoms with Crippen molar-refractivity contribution in [3.05, 3.63) is 53.1 Å². The summed E-state index contributed by atoms with van der Waals surface area (Å²) < 4.78 is 12.6. The van der Waals surface area contributed by atoms with Gasteiger partial charge in [0.05, 0.1) is 13.2 Å². The predicted octanol–water partition coefficient (Wildman–Crippen LogP) is 8.26. The molecule has 3 heteroatoms. The van der Waals surface area contributed by atoms with Crippen LogP contribution in [0.5, 0.6) is 0 Å². The molecule has 0 saturated carbocycles. The van der Waals surface area contributed by atoms with E-state index in [-0.39, 0.29) is 10.3 Å². The first-order valence-electron chi connectivity index (χ1n) is 13.6. The van der Waals surface area contributed by atoms with Gasteiger partial charge < -0.3 is 9.47 Å². The second-order valence-electron chi connectivity index (χ2n) is 13.1. The lowest BCUT2D eigenvalue weighted by molar-refractivity contribution is -0.178. The molecule has 0 radical (unpaired) electrons. The van der Waals surface area contributed by atoms with Crippen LogP contribution in [0.4, 0.5) is 0 Å². The van der Waals surface area contributed by atoms with E-state index in [4.69, 9.17) is 9.47 Å². The maximum absolute atomic E-state index is 6.28. The fourth-order valence-corrected chi connectivity index (χ4v) is 11.5. The number of hydrogen-bond donors (Lipinski definition) is 0. The minimum atomic E-state index is -0.473. The molecule has 0 aliphatic carbocycles. The Morgan fingerprint density at radius 2 is 1.29 bits per heavy atom. The van der Waals surface area contributed by atoms with Crippen molar-refractivity contribution in [3.63, 3.8) is 0 Å². The molecule has 2 aromatic carbocycles. The standard InChI is InChI=1S/C32H47O2P/c1-22(2)16-25-18-24(5)19-26(17-23(3)4)29(25)27-12-10-11-13-28(27)35-30(6,7)20-32(21-31(35,8)9)33-14-15-34-32/h10-13,18-19,22-23H,14-17,20-21H2,1-9H3. The van der Waals surface area contributed by atoms with Crippen LogP contribution in [0.15, 0.2) is 36.4 Å². The summed E-state index contributed by atoms with van der Waals surface area (Å²) in [5.41, 5.74) is 7.40. The summed E-state index contributed by atoms with van der Waals surface area (Å²) in [7, 11) is -0.473. The highest BCUT2D eigenvalue weighted by atomic mass is 31.1. The molecule has 2 fully saturated rings. The Morgan fingerprint density at radius 1 is 0.800 bits per heavy atom. The van der Waals surface area contributed by atoms with Crippen LogP contribution in [0.3, 0.4) is 0 Å². The van der Waals surface area contributed by atoms with E-state index in [1.807, 2.05) is 0 Å². The maximum Gasteiger partial charge on any atom is 0.170 e. The highest BCUT2D eigenvalue weighted by molar-refractivity contribution is 7.69. The molecule has 192 valence electrons. The SMILES string of the molecule is Cc1cc(CC(C)C)c(-c2ccccc2P2C(C)(C)CC3(CC2(C)C)OCCO3)c(CC(C)C)c1. The Morgan fingerprint density at radius 3 is 1.77 bits per heavy atom. The van der Waals surface area contributed by atoms with Crippen LogP contribution < -0.4 is 5.30 Å². The van der Waals surface area contributed by atoms with Gasteiger partial charge in [-0.05, 0) is 69.5 Å². The molecule has 2 nitrogen and oxygen atoms in total. The molecule has 2 aliphatic rings. The molecule has 0 N–H and O–H groups in total. The molecule has 2 aliphatic heterocycles. The molecule has 0 bridgehead atoms. The van der Waals surface area contributed by atoms with E-state index in [0.717, 1.165) is 38.9 Å². The van der Waals surface area contributed by atoms with Crippen molar-refractivity contribution in [1.82, 2.24) is 0 Å². The van der Waals surface area contributed by atoms with Crippen molar-refractivity contribution < 1.29 is 9.47 Å². The van der Waals surface area contributed by atoms with Crippen LogP contribution in [0.2, 0.25) is 0 Å². The first kappa shape index (κ1) is 26.8. The molecular weight excluding hydrogens is 447 g/mol. The molecule has 0 amide bonds. The third-order valence-electron chi connectivity index (χ3n) is 7.54. The number of benzene rings is 2. The van der Waals surface area contributed by atoms with Gasteiger partial charge in [0.1, 0.15) is 0 Å². The second-order valence-corrected chi connectivity index (χ2v) is 16.7. The quantitative estimate of drug-likeness (QED) is 0.376. The molecule has 35 heavy (non-hydrogen) atoms. The van der Waals surface area contributed by atoms with E-state index in [1.54, 1.807) is 5.30 Å². The number of rotatable bonds is 6. The summed E-state index contributed by atoms with van der Waals surface area (Å²) in [6.07, 6.45) is 4.17. The lowest BCUT2D eigenvalue weighted by Gasteiger charge is -2.55. The van der Waals surface area contributed by atoms with Crippen molar-refractivity contribution in [2.75, 3.05) is 13.2 Å². The molecular formula is C32H47O2P. The summed E-state index contributed by atoms with van der Waals surface area (Å²) in [6.45, 7) is 22.9. The van der Waals surface area contributed by atoms with Gasteiger partial charge in [-0.15, -0.1) is 0 Å². The highest BCUT2D eigenvalue weighted by Crippen LogP contribution is 2.68. The number of aryl methyl sites for hydroxylation is 1. The summed E-state index contributed by atoms with van der Waals surface area (Å²) >= 11 is 0. The molecule has 2 saturated heterocycles. The van der Waals surface area contributed by atoms with Crippen LogP contribution >= 0.6 is 7.92 Å². The topological polar surface area (TPSA) is 18.5 Å². The van der Waals surface area contributed by atoms with Gasteiger partial charge in [0.2, 0.25) is 0 Å². The fourth-order valence-electron chi connectivity index (χ4n) is 7.08. The first-order valence-corrected chi connectivity index (χ1v) is 15.0. The van der Waals surface area contributed by atoms with Gasteiger partial charge in [0, 0.05) is 12.8 Å². The highest BCUT2D eigenvalue weighted by Gasteiger charge is 2.57. The van der Waals surface area contributed by atoms with E-state index in [1.165, 1.54) is 27.8 Å². The summed E-state index contributed by atoms with van der Waals surface area (Å²) in [5.74, 6) is 0.842. The Kier molecular flexibility index (Phi) is 7.61. The second kappa shape index (κ2) is 9.92. The van der Waals surface area contributed by atoms with Gasteiger partial charge in [-0.2, -0.15) is 0 Å². The smallest absolute Gasteiger partial charge is 0.170 e. The predicted molar refractivity (Wildman–Crippen MR) is 152 cm³/mol. The average molecular weight is 495 g/mol. The number of ether oxygens (including phenoxy) is 2. The minimum Gasteiger partial charge on any atom is -0.347 e. The van der Waals surface area contributed by atoms with Crippen LogP contribution in [0, 0.1) is 18.8 Å². The van der Waals surface area contributed by atoms with Crippen molar-refractivity contribution in [1.29, 1.82) is 0 Å². The molecule has 0 aromatic heterocycles. The van der Waals surface area contributed by atoms with Gasteiger partial charge in [-0.1, -0.05) is 105 Å². The third-order valence-corrected chi connectivity index (χ3v) is 11.2. The van der Waals surface area contributed by atoms with Gasteiger partial charge in [-0.25, -0.2) is 0 Å². The molecule has 0 unspecified atom stereocenters. The van der Waals surface area contributed by atoms with Crippen LogP contribution in [0.1, 0.15) is 84.9 Å². The Bertz CT molecular complexity index is 992. The molecule has 2 heterocycles. The van der Waals surface area contributed by atoms with E-state index in [0.29, 0.717) is 11.8 Å². The average Bonchev–Trinajstić information content (AvgIpc) is 3.12. The van der Waals surface area contributed by atoms with E-state index >= 15 is 0 Å². The van der Waals surface area contributed by atoms with Gasteiger partial charge in [0.15, 0.2) is 5.79 Å². The monoisotopic (exact) mass is 494 g/mol. The zero-order valence-corrected chi connectivity index (χ0v) is 24.5. The minimum absolute atomic E-state index is 0.110. The molecule has 1 spiro atoms. The van der Waals surface area contributed by atoms with Gasteiger partial charge >= 0.3 is 0 Å². The van der Waals surface area contributed by atoms with Crippen molar-refractivity contribution >= 4 is 13.2 Å². The number of hydrogen-bond acceptors (Lipinski definition) is 2. The summed E-state index contributed by atoms with van der Waals surface area (Å²) in [4.78, 5) is 0. The van der Waals surface area contributed by atoms with E-state index < -0.39 is 13.7 Å². The lowest BCUT2D eigenvalue weighted by Crippen LogP contribution is -2.52. The van der Waals surface area contributed by atoms with Crippen LogP contribution in [-0.2, 0) is 22.3 Å². The van der Waals surface area contributed by atoms with E-state index in [2.05, 4.69) is 98.7 Å². The third kappa shape index (κ3) is 5.56. The molecule has 4 rings (SSSR count). The fraction of sp³-hybridized carbons (Fsp3) is 0.625. The van der Waals surface area contributed by atoms with Gasteiger partial charge in [-0.3, -0.25) is 0 Å². The van der Waals surface area contributed by atoms with Gasteiger partial charge in [0.25, 0.3) is 0 Å². The van der Waals surface area contributed by atoms with Crippen LogP contribution in [0.25, 0.3) is 11.1 Å². The maximum atomic E-state index is 6.28. The summed E-state index contributed by atoms with van der Waals surface area (Å²) in [5, 5.41) is 1.78. The van der Waals surface area contributed by atoms with Crippen LogP contribution in [-0.4, -0.2) is 29.3 Å². The molecule has 2 aromatic rings. The van der Waals surface area contributed by atoms with E-state index in [9.17, 15) is 0 Å². The first-order chi connectivity index (χ1) is 16.3. The summed E-state index contributed by atoms with van der Waals surface area (Å²) in [6, 6.07) is 14.3. The largest absolute Gasteiger partial charge is 0.347 e. The zero-order valence-electron chi connectivity index (χ0n) is 23.6. The molecule has 0 atom stereocenters. The Labute approximate surface area is 216 Å². The lowest BCUT2D eigenvalue weighted by atomic mass is 9.85. The van der Waals surface area contributed by atoms with Crippen molar-refractivity contribution in [2.24, 2.45) is 11.8 Å². The van der Waals surface area contributed by atoms with Crippen molar-refractivity contribution in [2.45, 2.75) is 104 Å².